The van der Waals surface area contributed by atoms with Crippen LogP contribution in [0, 0.1) is 5.82 Å². The number of carbonyl (C=O) groups excluding carboxylic acids is 1. The molecule has 1 aliphatic heterocycles. The molecule has 1 atom stereocenters. The van der Waals surface area contributed by atoms with Crippen molar-refractivity contribution in [2.24, 2.45) is 5.10 Å². The highest BCUT2D eigenvalue weighted by Crippen LogP contribution is 2.40. The molecule has 0 unspecified atom stereocenters. The largest absolute Gasteiger partial charge is 0.431 e. The lowest BCUT2D eigenvalue weighted by atomic mass is 9.96. The van der Waals surface area contributed by atoms with Gasteiger partial charge in [0.2, 0.25) is 0 Å². The molecule has 1 amide bonds. The predicted molar refractivity (Wildman–Crippen MR) is 81.0 cm³/mol. The first kappa shape index (κ1) is 17.1. The maximum atomic E-state index is 13.9. The maximum absolute atomic E-state index is 13.9. The summed E-state index contributed by atoms with van der Waals surface area (Å²) in [4.78, 5) is 12.6. The molecule has 0 spiro atoms. The highest BCUT2D eigenvalue weighted by molar-refractivity contribution is 6.00. The van der Waals surface area contributed by atoms with Crippen molar-refractivity contribution in [2.75, 3.05) is 0 Å². The molecule has 0 saturated carbocycles. The fourth-order valence-electron chi connectivity index (χ4n) is 2.60. The summed E-state index contributed by atoms with van der Waals surface area (Å²) >= 11 is 0. The SMILES string of the molecule is O=C(c1ccccc1F)N1N=C(C(F)(F)F)C[C@]1(O)c1ccccc1. The zero-order valence-electron chi connectivity index (χ0n) is 12.7. The van der Waals surface area contributed by atoms with Gasteiger partial charge in [-0.1, -0.05) is 42.5 Å². The molecule has 130 valence electrons. The van der Waals surface area contributed by atoms with Gasteiger partial charge in [0.1, 0.15) is 11.5 Å². The molecule has 3 rings (SSSR count). The second kappa shape index (κ2) is 5.96. The van der Waals surface area contributed by atoms with Crippen molar-refractivity contribution < 1.29 is 27.5 Å². The Bertz CT molecular complexity index is 836. The van der Waals surface area contributed by atoms with E-state index in [2.05, 4.69) is 5.10 Å². The van der Waals surface area contributed by atoms with Crippen LogP contribution in [0.25, 0.3) is 0 Å². The van der Waals surface area contributed by atoms with E-state index in [1.165, 1.54) is 36.4 Å². The van der Waals surface area contributed by atoms with Crippen LogP contribution in [-0.2, 0) is 5.72 Å². The van der Waals surface area contributed by atoms with Crippen molar-refractivity contribution in [3.05, 3.63) is 71.5 Å². The number of benzene rings is 2. The number of amides is 1. The normalized spacial score (nSPS) is 20.5. The van der Waals surface area contributed by atoms with Gasteiger partial charge < -0.3 is 5.11 Å². The van der Waals surface area contributed by atoms with Gasteiger partial charge in [0, 0.05) is 5.56 Å². The maximum Gasteiger partial charge on any atom is 0.431 e. The van der Waals surface area contributed by atoms with E-state index < -0.39 is 41.3 Å². The van der Waals surface area contributed by atoms with Crippen LogP contribution in [0.15, 0.2) is 59.7 Å². The van der Waals surface area contributed by atoms with Crippen LogP contribution in [0.4, 0.5) is 17.6 Å². The predicted octanol–water partition coefficient (Wildman–Crippen LogP) is 3.44. The molecule has 0 radical (unpaired) electrons. The number of hydrogen-bond acceptors (Lipinski definition) is 3. The van der Waals surface area contributed by atoms with Gasteiger partial charge >= 0.3 is 6.18 Å². The van der Waals surface area contributed by atoms with Gasteiger partial charge in [0.15, 0.2) is 5.72 Å². The highest BCUT2D eigenvalue weighted by atomic mass is 19.4. The molecule has 0 bridgehead atoms. The minimum absolute atomic E-state index is 0.0442. The summed E-state index contributed by atoms with van der Waals surface area (Å²) in [6.07, 6.45) is -5.77. The minimum Gasteiger partial charge on any atom is -0.365 e. The first-order chi connectivity index (χ1) is 11.7. The number of halogens is 4. The molecule has 8 heteroatoms. The van der Waals surface area contributed by atoms with Gasteiger partial charge in [0.25, 0.3) is 5.91 Å². The fourth-order valence-corrected chi connectivity index (χ4v) is 2.60. The highest BCUT2D eigenvalue weighted by Gasteiger charge is 2.53. The Kier molecular flexibility index (Phi) is 4.08. The van der Waals surface area contributed by atoms with Crippen LogP contribution < -0.4 is 0 Å². The first-order valence-corrected chi connectivity index (χ1v) is 7.25. The number of alkyl halides is 3. The summed E-state index contributed by atoms with van der Waals surface area (Å²) in [5.41, 5.74) is -4.11. The fraction of sp³-hybridized carbons (Fsp3) is 0.176. The van der Waals surface area contributed by atoms with E-state index in [4.69, 9.17) is 0 Å². The van der Waals surface area contributed by atoms with Gasteiger partial charge in [-0.2, -0.15) is 23.3 Å². The second-order valence-corrected chi connectivity index (χ2v) is 5.50. The molecule has 0 aromatic heterocycles. The molecule has 2 aromatic rings. The van der Waals surface area contributed by atoms with Gasteiger partial charge in [0.05, 0.1) is 12.0 Å². The Hall–Kier alpha value is -2.74. The van der Waals surface area contributed by atoms with Gasteiger partial charge in [-0.15, -0.1) is 0 Å². The summed E-state index contributed by atoms with van der Waals surface area (Å²) in [5, 5.41) is 14.4. The Morgan fingerprint density at radius 3 is 2.28 bits per heavy atom. The number of hydrogen-bond donors (Lipinski definition) is 1. The Labute approximate surface area is 140 Å². The Morgan fingerprint density at radius 1 is 1.08 bits per heavy atom. The third-order valence-electron chi connectivity index (χ3n) is 3.85. The molecule has 1 aliphatic rings. The van der Waals surface area contributed by atoms with Crippen LogP contribution in [0.3, 0.4) is 0 Å². The molecule has 1 N–H and O–H groups in total. The van der Waals surface area contributed by atoms with Crippen molar-refractivity contribution in [1.82, 2.24) is 5.01 Å². The topological polar surface area (TPSA) is 52.9 Å². The zero-order valence-corrected chi connectivity index (χ0v) is 12.7. The van der Waals surface area contributed by atoms with Crippen molar-refractivity contribution in [3.8, 4) is 0 Å². The lowest BCUT2D eigenvalue weighted by Crippen LogP contribution is -2.44. The molecular formula is C17H12F4N2O2. The van der Waals surface area contributed by atoms with Gasteiger partial charge in [-0.3, -0.25) is 4.79 Å². The number of rotatable bonds is 2. The monoisotopic (exact) mass is 352 g/mol. The lowest BCUT2D eigenvalue weighted by molar-refractivity contribution is -0.0817. The Balaban J connectivity index is 2.10. The Morgan fingerprint density at radius 2 is 1.68 bits per heavy atom. The van der Waals surface area contributed by atoms with E-state index in [-0.39, 0.29) is 5.56 Å². The molecule has 0 fully saturated rings. The summed E-state index contributed by atoms with van der Waals surface area (Å²) < 4.78 is 53.1. The average Bonchev–Trinajstić information content (AvgIpc) is 2.95. The van der Waals surface area contributed by atoms with Crippen molar-refractivity contribution >= 4 is 11.6 Å². The van der Waals surface area contributed by atoms with Crippen molar-refractivity contribution in [1.29, 1.82) is 0 Å². The van der Waals surface area contributed by atoms with E-state index in [9.17, 15) is 27.5 Å². The summed E-state index contributed by atoms with van der Waals surface area (Å²) in [6.45, 7) is 0. The molecule has 25 heavy (non-hydrogen) atoms. The third-order valence-corrected chi connectivity index (χ3v) is 3.85. The molecule has 0 aliphatic carbocycles. The lowest BCUT2D eigenvalue weighted by Gasteiger charge is -2.31. The molecule has 2 aromatic carbocycles. The van der Waals surface area contributed by atoms with Crippen molar-refractivity contribution in [3.63, 3.8) is 0 Å². The van der Waals surface area contributed by atoms with Crippen LogP contribution >= 0.6 is 0 Å². The standard InChI is InChI=1S/C17H12F4N2O2/c18-13-9-5-4-8-12(13)15(24)23-16(25,11-6-2-1-3-7-11)10-14(22-23)17(19,20)21/h1-9,25H,10H2/t16-/m0/s1. The van der Waals surface area contributed by atoms with E-state index in [1.807, 2.05) is 0 Å². The van der Waals surface area contributed by atoms with E-state index in [1.54, 1.807) is 6.07 Å². The van der Waals surface area contributed by atoms with E-state index in [0.717, 1.165) is 12.1 Å². The van der Waals surface area contributed by atoms with Crippen LogP contribution in [0.5, 0.6) is 0 Å². The molecular weight excluding hydrogens is 340 g/mol. The third kappa shape index (κ3) is 3.00. The molecule has 1 heterocycles. The quantitative estimate of drug-likeness (QED) is 0.842. The first-order valence-electron chi connectivity index (χ1n) is 7.25. The van der Waals surface area contributed by atoms with Crippen LogP contribution in [-0.4, -0.2) is 27.9 Å². The average molecular weight is 352 g/mol. The van der Waals surface area contributed by atoms with Crippen LogP contribution in [0.1, 0.15) is 22.3 Å². The molecule has 4 nitrogen and oxygen atoms in total. The smallest absolute Gasteiger partial charge is 0.365 e. The number of hydrazone groups is 1. The number of aliphatic hydroxyl groups is 1. The summed E-state index contributed by atoms with van der Waals surface area (Å²) in [5.74, 6) is -2.08. The number of carbonyl (C=O) groups is 1. The van der Waals surface area contributed by atoms with Gasteiger partial charge in [-0.25, -0.2) is 4.39 Å². The van der Waals surface area contributed by atoms with Crippen LogP contribution in [0.2, 0.25) is 0 Å². The van der Waals surface area contributed by atoms with Gasteiger partial charge in [-0.05, 0) is 12.1 Å². The molecule has 0 saturated heterocycles. The second-order valence-electron chi connectivity index (χ2n) is 5.50. The van der Waals surface area contributed by atoms with Crippen molar-refractivity contribution in [2.45, 2.75) is 18.3 Å². The summed E-state index contributed by atoms with van der Waals surface area (Å²) in [6, 6.07) is 12.2. The number of nitrogens with zero attached hydrogens (tertiary/aromatic N) is 2. The summed E-state index contributed by atoms with van der Waals surface area (Å²) in [7, 11) is 0. The zero-order chi connectivity index (χ0) is 18.2. The minimum atomic E-state index is -4.83. The van der Waals surface area contributed by atoms with E-state index >= 15 is 0 Å². The van der Waals surface area contributed by atoms with E-state index in [0.29, 0.717) is 5.01 Å².